The lowest BCUT2D eigenvalue weighted by Gasteiger charge is -2.39. The van der Waals surface area contributed by atoms with Crippen LogP contribution in [0.4, 0.5) is 27.9 Å². The number of piperidine rings is 1. The van der Waals surface area contributed by atoms with Crippen molar-refractivity contribution in [1.29, 1.82) is 5.26 Å². The van der Waals surface area contributed by atoms with Crippen LogP contribution in [0.25, 0.3) is 33.3 Å². The molecule has 2 aliphatic rings. The number of benzene rings is 3. The number of halogens is 5. The molecule has 40 heavy (non-hydrogen) atoms. The molecule has 6 rings (SSSR count). The third-order valence-corrected chi connectivity index (χ3v) is 7.99. The first-order valence-corrected chi connectivity index (χ1v) is 13.1. The lowest BCUT2D eigenvalue weighted by atomic mass is 9.86. The second-order valence-corrected chi connectivity index (χ2v) is 10.4. The molecule has 0 aliphatic carbocycles. The summed E-state index contributed by atoms with van der Waals surface area (Å²) in [6, 6.07) is 13.0. The molecule has 1 spiro atoms. The van der Waals surface area contributed by atoms with Gasteiger partial charge in [0.25, 0.3) is 0 Å². The van der Waals surface area contributed by atoms with E-state index in [1.165, 1.54) is 36.4 Å². The Morgan fingerprint density at radius 2 is 1.68 bits per heavy atom. The number of hydrogen-bond donors (Lipinski definition) is 1. The van der Waals surface area contributed by atoms with Crippen molar-refractivity contribution < 1.29 is 22.0 Å². The van der Waals surface area contributed by atoms with Crippen molar-refractivity contribution in [1.82, 2.24) is 15.3 Å². The van der Waals surface area contributed by atoms with Gasteiger partial charge in [-0.15, -0.1) is 0 Å². The highest BCUT2D eigenvalue weighted by atomic mass is 19.4. The minimum atomic E-state index is -4.77. The molecule has 0 unspecified atom stereocenters. The number of alkyl halides is 3. The van der Waals surface area contributed by atoms with Crippen LogP contribution in [0.3, 0.4) is 0 Å². The molecule has 0 amide bonds. The van der Waals surface area contributed by atoms with Gasteiger partial charge in [0, 0.05) is 35.1 Å². The topological polar surface area (TPSA) is 64.8 Å². The summed E-state index contributed by atoms with van der Waals surface area (Å²) in [6.07, 6.45) is -0.676. The van der Waals surface area contributed by atoms with Crippen LogP contribution in [0.5, 0.6) is 0 Å². The van der Waals surface area contributed by atoms with Crippen LogP contribution in [0.1, 0.15) is 36.8 Å². The van der Waals surface area contributed by atoms with E-state index in [2.05, 4.69) is 10.2 Å². The Morgan fingerprint density at radius 1 is 0.900 bits per heavy atom. The summed E-state index contributed by atoms with van der Waals surface area (Å²) >= 11 is 0. The summed E-state index contributed by atoms with van der Waals surface area (Å²) in [5.41, 5.74) is -0.657. The summed E-state index contributed by atoms with van der Waals surface area (Å²) < 4.78 is 70.9. The zero-order valence-corrected chi connectivity index (χ0v) is 21.3. The maximum atomic E-state index is 14.8. The van der Waals surface area contributed by atoms with Crippen molar-refractivity contribution in [3.05, 3.63) is 77.4 Å². The lowest BCUT2D eigenvalue weighted by Crippen LogP contribution is -2.50. The van der Waals surface area contributed by atoms with Gasteiger partial charge in [0.15, 0.2) is 0 Å². The SMILES string of the molecule is N#Cc1ccc(-c2nc(N3CCC4(CCCN4)CC3)nc3ccc(-c4c(F)cccc4C(F)(F)F)cc23)cc1F. The molecule has 5 nitrogen and oxygen atoms in total. The number of fused-ring (bicyclic) bond motifs is 1. The molecule has 3 aromatic carbocycles. The second kappa shape index (κ2) is 9.82. The molecule has 10 heteroatoms. The highest BCUT2D eigenvalue weighted by molar-refractivity contribution is 5.96. The van der Waals surface area contributed by atoms with E-state index in [1.54, 1.807) is 6.07 Å². The van der Waals surface area contributed by atoms with Crippen molar-refractivity contribution in [2.75, 3.05) is 24.5 Å². The van der Waals surface area contributed by atoms with Gasteiger partial charge >= 0.3 is 6.18 Å². The molecule has 0 radical (unpaired) electrons. The van der Waals surface area contributed by atoms with E-state index in [1.807, 2.05) is 0 Å². The Kier molecular flexibility index (Phi) is 6.42. The first-order valence-electron chi connectivity index (χ1n) is 13.1. The molecule has 204 valence electrons. The zero-order chi connectivity index (χ0) is 28.1. The number of nitriles is 1. The van der Waals surface area contributed by atoms with Gasteiger partial charge in [-0.3, -0.25) is 0 Å². The number of anilines is 1. The number of nitrogens with one attached hydrogen (secondary N) is 1. The molecule has 4 aromatic rings. The molecule has 0 atom stereocenters. The zero-order valence-electron chi connectivity index (χ0n) is 21.3. The summed E-state index contributed by atoms with van der Waals surface area (Å²) in [6.45, 7) is 2.42. The molecular weight excluding hydrogens is 525 g/mol. The van der Waals surface area contributed by atoms with Crippen LogP contribution in [-0.2, 0) is 6.18 Å². The number of aromatic nitrogens is 2. The third kappa shape index (κ3) is 4.64. The predicted octanol–water partition coefficient (Wildman–Crippen LogP) is 6.85. The normalized spacial score (nSPS) is 16.9. The summed E-state index contributed by atoms with van der Waals surface area (Å²) in [5, 5.41) is 13.1. The average Bonchev–Trinajstić information content (AvgIpc) is 3.39. The van der Waals surface area contributed by atoms with E-state index in [9.17, 15) is 27.2 Å². The first-order chi connectivity index (χ1) is 19.2. The van der Waals surface area contributed by atoms with Crippen molar-refractivity contribution in [3.63, 3.8) is 0 Å². The standard InChI is InChI=1S/C30H24F5N5/c31-23-4-1-3-22(30(33,34)35)26(23)18-7-8-25-21(15-18)27(19-5-6-20(17-36)24(32)16-19)39-28(38-25)40-13-10-29(11-14-40)9-2-12-37-29/h1,3-8,15-16,37H,2,9-14H2. The Balaban J connectivity index is 1.50. The van der Waals surface area contributed by atoms with Gasteiger partial charge in [-0.1, -0.05) is 18.2 Å². The van der Waals surface area contributed by atoms with Gasteiger partial charge in [0.05, 0.1) is 22.3 Å². The van der Waals surface area contributed by atoms with Crippen molar-refractivity contribution in [3.8, 4) is 28.5 Å². The summed E-state index contributed by atoms with van der Waals surface area (Å²) in [7, 11) is 0. The van der Waals surface area contributed by atoms with Crippen LogP contribution in [0.2, 0.25) is 0 Å². The number of rotatable bonds is 3. The largest absolute Gasteiger partial charge is 0.417 e. The predicted molar refractivity (Wildman–Crippen MR) is 141 cm³/mol. The fourth-order valence-corrected chi connectivity index (χ4v) is 5.87. The van der Waals surface area contributed by atoms with Crippen molar-refractivity contribution >= 4 is 16.9 Å². The monoisotopic (exact) mass is 549 g/mol. The van der Waals surface area contributed by atoms with E-state index in [4.69, 9.17) is 9.97 Å². The van der Waals surface area contributed by atoms with Gasteiger partial charge in [0.1, 0.15) is 17.7 Å². The highest BCUT2D eigenvalue weighted by Crippen LogP contribution is 2.41. The van der Waals surface area contributed by atoms with Crippen LogP contribution in [-0.4, -0.2) is 35.1 Å². The average molecular weight is 550 g/mol. The quantitative estimate of drug-likeness (QED) is 0.283. The Bertz CT molecular complexity index is 1640. The van der Waals surface area contributed by atoms with E-state index in [0.717, 1.165) is 50.4 Å². The molecule has 2 saturated heterocycles. The molecule has 2 aliphatic heterocycles. The van der Waals surface area contributed by atoms with Gasteiger partial charge in [-0.2, -0.15) is 18.4 Å². The van der Waals surface area contributed by atoms with Crippen LogP contribution >= 0.6 is 0 Å². The number of nitrogens with zero attached hydrogens (tertiary/aromatic N) is 4. The van der Waals surface area contributed by atoms with Gasteiger partial charge in [-0.25, -0.2) is 18.7 Å². The van der Waals surface area contributed by atoms with Crippen LogP contribution in [0, 0.1) is 23.0 Å². The van der Waals surface area contributed by atoms with Gasteiger partial charge in [0.2, 0.25) is 5.95 Å². The van der Waals surface area contributed by atoms with E-state index >= 15 is 0 Å². The molecular formula is C30H24F5N5. The minimum Gasteiger partial charge on any atom is -0.341 e. The third-order valence-electron chi connectivity index (χ3n) is 7.99. The molecule has 0 saturated carbocycles. The fourth-order valence-electron chi connectivity index (χ4n) is 5.87. The maximum absolute atomic E-state index is 14.8. The Hall–Kier alpha value is -4.10. The first kappa shape index (κ1) is 26.1. The lowest BCUT2D eigenvalue weighted by molar-refractivity contribution is -0.137. The molecule has 0 bridgehead atoms. The van der Waals surface area contributed by atoms with Crippen molar-refractivity contribution in [2.24, 2.45) is 0 Å². The molecule has 1 N–H and O–H groups in total. The van der Waals surface area contributed by atoms with E-state index in [-0.39, 0.29) is 22.4 Å². The summed E-state index contributed by atoms with van der Waals surface area (Å²) in [5.74, 6) is -1.33. The minimum absolute atomic E-state index is 0.00290. The Labute approximate surface area is 227 Å². The highest BCUT2D eigenvalue weighted by Gasteiger charge is 2.38. The maximum Gasteiger partial charge on any atom is 0.417 e. The fraction of sp³-hybridized carbons (Fsp3) is 0.300. The summed E-state index contributed by atoms with van der Waals surface area (Å²) in [4.78, 5) is 11.5. The molecule has 1 aromatic heterocycles. The molecule has 2 fully saturated rings. The second-order valence-electron chi connectivity index (χ2n) is 10.4. The van der Waals surface area contributed by atoms with E-state index < -0.39 is 28.9 Å². The van der Waals surface area contributed by atoms with Crippen LogP contribution in [0.15, 0.2) is 54.6 Å². The van der Waals surface area contributed by atoms with Gasteiger partial charge < -0.3 is 10.2 Å². The van der Waals surface area contributed by atoms with E-state index in [0.29, 0.717) is 35.5 Å². The van der Waals surface area contributed by atoms with Crippen LogP contribution < -0.4 is 10.2 Å². The van der Waals surface area contributed by atoms with Gasteiger partial charge in [-0.05, 0) is 74.2 Å². The van der Waals surface area contributed by atoms with Crippen molar-refractivity contribution in [2.45, 2.75) is 37.4 Å². The molecule has 3 heterocycles. The Morgan fingerprint density at radius 3 is 2.35 bits per heavy atom. The smallest absolute Gasteiger partial charge is 0.341 e. The number of hydrogen-bond acceptors (Lipinski definition) is 5.